The zero-order valence-electron chi connectivity index (χ0n) is 16.7. The second-order valence-corrected chi connectivity index (χ2v) is 7.38. The van der Waals surface area contributed by atoms with E-state index in [9.17, 15) is 0 Å². The lowest BCUT2D eigenvalue weighted by Crippen LogP contribution is -2.44. The molecule has 7 heteroatoms. The van der Waals surface area contributed by atoms with Gasteiger partial charge in [0.1, 0.15) is 17.1 Å². The molecule has 1 fully saturated rings. The summed E-state index contributed by atoms with van der Waals surface area (Å²) in [5.41, 5.74) is 1.65. The summed E-state index contributed by atoms with van der Waals surface area (Å²) in [6, 6.07) is 9.88. The van der Waals surface area contributed by atoms with E-state index in [1.165, 1.54) is 0 Å². The molecule has 4 rings (SSSR count). The third kappa shape index (κ3) is 5.13. The first-order valence-corrected chi connectivity index (χ1v) is 10.0. The van der Waals surface area contributed by atoms with E-state index in [-0.39, 0.29) is 5.90 Å². The van der Waals surface area contributed by atoms with E-state index < -0.39 is 0 Å². The predicted molar refractivity (Wildman–Crippen MR) is 115 cm³/mol. The number of hydrogen-bond donors (Lipinski definition) is 2. The van der Waals surface area contributed by atoms with Gasteiger partial charge in [0, 0.05) is 44.2 Å². The van der Waals surface area contributed by atoms with Gasteiger partial charge in [0.05, 0.1) is 12.8 Å². The Hall–Kier alpha value is -2.90. The number of ether oxygens (including phenoxy) is 1. The van der Waals surface area contributed by atoms with Crippen LogP contribution in [0.2, 0.25) is 0 Å². The normalized spacial score (nSPS) is 16.0. The lowest BCUT2D eigenvalue weighted by molar-refractivity contribution is 0.144. The molecule has 2 N–H and O–H groups in total. The van der Waals surface area contributed by atoms with Crippen molar-refractivity contribution in [2.45, 2.75) is 6.42 Å². The number of nitrogens with zero attached hydrogens (tertiary/aromatic N) is 3. The Morgan fingerprint density at radius 1 is 1.28 bits per heavy atom. The van der Waals surface area contributed by atoms with Crippen molar-refractivity contribution in [3.8, 4) is 11.5 Å². The van der Waals surface area contributed by atoms with Gasteiger partial charge in [0.25, 0.3) is 0 Å². The highest BCUT2D eigenvalue weighted by Gasteiger charge is 2.13. The average molecular weight is 393 g/mol. The molecule has 3 aromatic rings. The molecule has 0 radical (unpaired) electrons. The highest BCUT2D eigenvalue weighted by atomic mass is 16.5. The summed E-state index contributed by atoms with van der Waals surface area (Å²) >= 11 is 0. The van der Waals surface area contributed by atoms with Crippen LogP contribution in [0.15, 0.2) is 47.0 Å². The van der Waals surface area contributed by atoms with Crippen LogP contribution in [0.5, 0.6) is 0 Å². The monoisotopic (exact) mass is 393 g/mol. The second-order valence-electron chi connectivity index (χ2n) is 7.38. The van der Waals surface area contributed by atoms with E-state index in [4.69, 9.17) is 14.6 Å². The molecule has 0 unspecified atom stereocenters. The highest BCUT2D eigenvalue weighted by Crippen LogP contribution is 2.26. The first-order valence-electron chi connectivity index (χ1n) is 10.0. The standard InChI is InChI=1S/C22H27N5O2/c1-26-10-12-27(13-11-26)9-4-14-28-21(23)7-8-22-24-16-18(25-22)20-15-17-5-2-3-6-19(17)29-20/h2-3,5-8,15-16,23H,4,9-14H2,1H3,(H,24,25)/b8-7-,23-21?. The molecule has 1 aliphatic heterocycles. The van der Waals surface area contributed by atoms with Gasteiger partial charge in [0.2, 0.25) is 5.90 Å². The van der Waals surface area contributed by atoms with Crippen LogP contribution >= 0.6 is 0 Å². The summed E-state index contributed by atoms with van der Waals surface area (Å²) < 4.78 is 11.4. The minimum atomic E-state index is 0.144. The van der Waals surface area contributed by atoms with Crippen molar-refractivity contribution in [3.05, 3.63) is 48.4 Å². The van der Waals surface area contributed by atoms with Gasteiger partial charge in [-0.05, 0) is 31.7 Å². The maximum absolute atomic E-state index is 7.94. The quantitative estimate of drug-likeness (QED) is 0.365. The fraction of sp³-hybridized carbons (Fsp3) is 0.364. The first-order chi connectivity index (χ1) is 14.2. The second kappa shape index (κ2) is 9.07. The minimum Gasteiger partial charge on any atom is -0.478 e. The van der Waals surface area contributed by atoms with Crippen molar-refractivity contribution in [2.24, 2.45) is 0 Å². The van der Waals surface area contributed by atoms with Crippen LogP contribution < -0.4 is 0 Å². The predicted octanol–water partition coefficient (Wildman–Crippen LogP) is 3.47. The van der Waals surface area contributed by atoms with Crippen molar-refractivity contribution in [2.75, 3.05) is 46.4 Å². The number of aromatic nitrogens is 2. The molecular weight excluding hydrogens is 366 g/mol. The molecule has 1 saturated heterocycles. The lowest BCUT2D eigenvalue weighted by atomic mass is 10.2. The third-order valence-corrected chi connectivity index (χ3v) is 5.15. The number of aromatic amines is 1. The molecule has 0 bridgehead atoms. The highest BCUT2D eigenvalue weighted by molar-refractivity contribution is 5.89. The number of imidazole rings is 1. The van der Waals surface area contributed by atoms with E-state index in [1.54, 1.807) is 18.3 Å². The maximum atomic E-state index is 7.94. The molecule has 1 aliphatic rings. The fourth-order valence-electron chi connectivity index (χ4n) is 3.41. The summed E-state index contributed by atoms with van der Waals surface area (Å²) in [6.45, 7) is 6.04. The Morgan fingerprint density at radius 2 is 2.10 bits per heavy atom. The summed E-state index contributed by atoms with van der Waals surface area (Å²) in [5.74, 6) is 1.55. The zero-order chi connectivity index (χ0) is 20.1. The summed E-state index contributed by atoms with van der Waals surface area (Å²) in [7, 11) is 2.16. The van der Waals surface area contributed by atoms with Gasteiger partial charge in [-0.25, -0.2) is 4.98 Å². The molecule has 0 aliphatic carbocycles. The molecule has 3 heterocycles. The number of likely N-dealkylation sites (N-methyl/N-ethyl adjacent to an activating group) is 1. The number of nitrogens with one attached hydrogen (secondary N) is 2. The van der Waals surface area contributed by atoms with Gasteiger partial charge in [-0.3, -0.25) is 5.41 Å². The first kappa shape index (κ1) is 19.4. The van der Waals surface area contributed by atoms with Crippen LogP contribution in [0.1, 0.15) is 12.2 Å². The molecule has 0 spiro atoms. The lowest BCUT2D eigenvalue weighted by Gasteiger charge is -2.32. The van der Waals surface area contributed by atoms with Crippen LogP contribution in [-0.4, -0.2) is 72.0 Å². The molecule has 0 saturated carbocycles. The Bertz CT molecular complexity index is 949. The van der Waals surface area contributed by atoms with Gasteiger partial charge >= 0.3 is 0 Å². The van der Waals surface area contributed by atoms with E-state index in [1.807, 2.05) is 30.3 Å². The average Bonchev–Trinajstić information content (AvgIpc) is 3.37. The fourth-order valence-corrected chi connectivity index (χ4v) is 3.41. The molecular formula is C22H27N5O2. The van der Waals surface area contributed by atoms with Crippen molar-refractivity contribution < 1.29 is 9.15 Å². The van der Waals surface area contributed by atoms with Crippen molar-refractivity contribution in [1.29, 1.82) is 5.41 Å². The Kier molecular flexibility index (Phi) is 6.07. The SMILES string of the molecule is CN1CCN(CCCOC(=N)/C=C\c2ncc(-c3cc4ccccc4o3)[nH]2)CC1. The third-order valence-electron chi connectivity index (χ3n) is 5.15. The van der Waals surface area contributed by atoms with E-state index in [0.717, 1.165) is 61.6 Å². The number of para-hydroxylation sites is 1. The number of fused-ring (bicyclic) bond motifs is 1. The number of benzene rings is 1. The Balaban J connectivity index is 1.23. The number of hydrogen-bond acceptors (Lipinski definition) is 6. The van der Waals surface area contributed by atoms with Crippen LogP contribution in [0.3, 0.4) is 0 Å². The molecule has 0 atom stereocenters. The Morgan fingerprint density at radius 3 is 2.93 bits per heavy atom. The van der Waals surface area contributed by atoms with Crippen LogP contribution in [0, 0.1) is 5.41 Å². The molecule has 0 amide bonds. The topological polar surface area (TPSA) is 81.4 Å². The molecule has 7 nitrogen and oxygen atoms in total. The number of piperazine rings is 1. The smallest absolute Gasteiger partial charge is 0.205 e. The molecule has 152 valence electrons. The molecule has 29 heavy (non-hydrogen) atoms. The van der Waals surface area contributed by atoms with Gasteiger partial charge in [-0.1, -0.05) is 18.2 Å². The van der Waals surface area contributed by atoms with Gasteiger partial charge in [0.15, 0.2) is 5.76 Å². The van der Waals surface area contributed by atoms with Gasteiger partial charge < -0.3 is 23.9 Å². The summed E-state index contributed by atoms with van der Waals surface area (Å²) in [6.07, 6.45) is 6.03. The van der Waals surface area contributed by atoms with Crippen molar-refractivity contribution in [1.82, 2.24) is 19.8 Å². The number of furan rings is 1. The van der Waals surface area contributed by atoms with Gasteiger partial charge in [-0.2, -0.15) is 0 Å². The number of rotatable bonds is 7. The van der Waals surface area contributed by atoms with E-state index >= 15 is 0 Å². The number of H-pyrrole nitrogens is 1. The summed E-state index contributed by atoms with van der Waals surface area (Å²) in [5, 5.41) is 9.00. The van der Waals surface area contributed by atoms with E-state index in [0.29, 0.717) is 12.4 Å². The molecule has 1 aromatic carbocycles. The summed E-state index contributed by atoms with van der Waals surface area (Å²) in [4.78, 5) is 12.3. The van der Waals surface area contributed by atoms with Crippen LogP contribution in [-0.2, 0) is 4.74 Å². The molecule has 2 aromatic heterocycles. The zero-order valence-corrected chi connectivity index (χ0v) is 16.7. The Labute approximate surface area is 170 Å². The minimum absolute atomic E-state index is 0.144. The van der Waals surface area contributed by atoms with Crippen LogP contribution in [0.25, 0.3) is 28.5 Å². The van der Waals surface area contributed by atoms with Crippen molar-refractivity contribution in [3.63, 3.8) is 0 Å². The van der Waals surface area contributed by atoms with Crippen molar-refractivity contribution >= 4 is 22.9 Å². The van der Waals surface area contributed by atoms with E-state index in [2.05, 4.69) is 26.8 Å². The maximum Gasteiger partial charge on any atom is 0.205 e. The largest absolute Gasteiger partial charge is 0.478 e. The van der Waals surface area contributed by atoms with Gasteiger partial charge in [-0.15, -0.1) is 0 Å². The van der Waals surface area contributed by atoms with Crippen LogP contribution in [0.4, 0.5) is 0 Å².